The summed E-state index contributed by atoms with van der Waals surface area (Å²) in [5.41, 5.74) is 3.70. The molecule has 0 aromatic heterocycles. The molecule has 0 saturated carbocycles. The first kappa shape index (κ1) is 10.3. The van der Waals surface area contributed by atoms with Crippen molar-refractivity contribution in [1.82, 2.24) is 5.43 Å². The third-order valence-corrected chi connectivity index (χ3v) is 2.73. The van der Waals surface area contributed by atoms with Gasteiger partial charge in [0.05, 0.1) is 11.6 Å². The fourth-order valence-electron chi connectivity index (χ4n) is 1.68. The second-order valence-electron chi connectivity index (χ2n) is 3.62. The molecular weight excluding hydrogens is 212 g/mol. The van der Waals surface area contributed by atoms with Crippen LogP contribution in [-0.4, -0.2) is 16.7 Å². The monoisotopic (exact) mass is 224 g/mol. The Labute approximate surface area is 93.9 Å². The van der Waals surface area contributed by atoms with Crippen molar-refractivity contribution in [2.24, 2.45) is 0 Å². The average molecular weight is 225 g/mol. The van der Waals surface area contributed by atoms with E-state index in [1.807, 2.05) is 37.3 Å². The number of alkyl halides is 1. The van der Waals surface area contributed by atoms with E-state index in [0.717, 1.165) is 11.4 Å². The first-order valence-corrected chi connectivity index (χ1v) is 5.29. The van der Waals surface area contributed by atoms with Gasteiger partial charge < -0.3 is 10.5 Å². The highest BCUT2D eigenvalue weighted by molar-refractivity contribution is 6.19. The minimum Gasteiger partial charge on any atom is -0.365 e. The first-order valence-electron chi connectivity index (χ1n) is 4.75. The Morgan fingerprint density at radius 1 is 1.40 bits per heavy atom. The van der Waals surface area contributed by atoms with Crippen LogP contribution in [0.5, 0.6) is 0 Å². The van der Waals surface area contributed by atoms with Crippen LogP contribution in [0.1, 0.15) is 6.92 Å². The maximum Gasteiger partial charge on any atom is 0.191 e. The number of nitrogens with one attached hydrogen (secondary N) is 1. The Bertz CT molecular complexity index is 379. The zero-order valence-electron chi connectivity index (χ0n) is 8.44. The van der Waals surface area contributed by atoms with Gasteiger partial charge in [0.15, 0.2) is 5.72 Å². The molecule has 1 aliphatic rings. The fourth-order valence-corrected chi connectivity index (χ4v) is 1.88. The molecule has 1 atom stereocenters. The number of hydrazine groups is 1. The van der Waals surface area contributed by atoms with Crippen LogP contribution >= 0.6 is 11.6 Å². The topological polar surface area (TPSA) is 35.5 Å². The van der Waals surface area contributed by atoms with E-state index in [9.17, 15) is 5.11 Å². The summed E-state index contributed by atoms with van der Waals surface area (Å²) in [6, 6.07) is 9.59. The summed E-state index contributed by atoms with van der Waals surface area (Å²) >= 11 is 5.78. The molecule has 0 spiro atoms. The molecule has 0 bridgehead atoms. The smallest absolute Gasteiger partial charge is 0.191 e. The summed E-state index contributed by atoms with van der Waals surface area (Å²) in [6.45, 7) is 1.89. The van der Waals surface area contributed by atoms with Gasteiger partial charge in [-0.15, -0.1) is 11.6 Å². The van der Waals surface area contributed by atoms with Crippen LogP contribution in [0.15, 0.2) is 42.1 Å². The van der Waals surface area contributed by atoms with Crippen molar-refractivity contribution >= 4 is 17.3 Å². The van der Waals surface area contributed by atoms with Crippen LogP contribution in [0.4, 0.5) is 5.69 Å². The molecule has 0 saturated heterocycles. The van der Waals surface area contributed by atoms with Crippen LogP contribution in [0.25, 0.3) is 0 Å². The SMILES string of the molecule is CC1=CC(O)(CCl)N(c2ccccc2)N1. The van der Waals surface area contributed by atoms with Gasteiger partial charge in [-0.05, 0) is 25.1 Å². The Hall–Kier alpha value is -1.19. The Kier molecular flexibility index (Phi) is 2.59. The number of aliphatic hydroxyl groups is 1. The highest BCUT2D eigenvalue weighted by atomic mass is 35.5. The van der Waals surface area contributed by atoms with E-state index < -0.39 is 5.72 Å². The van der Waals surface area contributed by atoms with E-state index in [1.165, 1.54) is 0 Å². The van der Waals surface area contributed by atoms with E-state index in [1.54, 1.807) is 11.1 Å². The van der Waals surface area contributed by atoms with Gasteiger partial charge in [0.1, 0.15) is 0 Å². The molecule has 2 N–H and O–H groups in total. The number of rotatable bonds is 2. The number of hydrogen-bond acceptors (Lipinski definition) is 3. The summed E-state index contributed by atoms with van der Waals surface area (Å²) in [6.07, 6.45) is 1.72. The number of anilines is 1. The van der Waals surface area contributed by atoms with E-state index in [-0.39, 0.29) is 5.88 Å². The number of benzene rings is 1. The molecule has 1 aromatic rings. The van der Waals surface area contributed by atoms with Gasteiger partial charge in [0.2, 0.25) is 0 Å². The lowest BCUT2D eigenvalue weighted by Gasteiger charge is -2.32. The molecule has 0 amide bonds. The zero-order chi connectivity index (χ0) is 10.9. The zero-order valence-corrected chi connectivity index (χ0v) is 9.20. The lowest BCUT2D eigenvalue weighted by Crippen LogP contribution is -2.50. The molecule has 1 unspecified atom stereocenters. The van der Waals surface area contributed by atoms with E-state index in [4.69, 9.17) is 11.6 Å². The predicted octanol–water partition coefficient (Wildman–Crippen LogP) is 1.84. The van der Waals surface area contributed by atoms with E-state index >= 15 is 0 Å². The molecule has 3 nitrogen and oxygen atoms in total. The molecule has 1 aromatic carbocycles. The second-order valence-corrected chi connectivity index (χ2v) is 3.89. The number of para-hydroxylation sites is 1. The molecule has 1 aliphatic heterocycles. The fraction of sp³-hybridized carbons (Fsp3) is 0.273. The quantitative estimate of drug-likeness (QED) is 0.753. The maximum absolute atomic E-state index is 10.2. The van der Waals surface area contributed by atoms with Gasteiger partial charge >= 0.3 is 0 Å². The van der Waals surface area contributed by atoms with Crippen LogP contribution in [0.2, 0.25) is 0 Å². The van der Waals surface area contributed by atoms with E-state index in [0.29, 0.717) is 0 Å². The number of allylic oxidation sites excluding steroid dienone is 1. The van der Waals surface area contributed by atoms with Crippen molar-refractivity contribution < 1.29 is 5.11 Å². The van der Waals surface area contributed by atoms with Crippen LogP contribution in [0, 0.1) is 0 Å². The minimum absolute atomic E-state index is 0.117. The van der Waals surface area contributed by atoms with Crippen LogP contribution in [0.3, 0.4) is 0 Å². The van der Waals surface area contributed by atoms with Gasteiger partial charge in [-0.2, -0.15) is 0 Å². The van der Waals surface area contributed by atoms with Crippen molar-refractivity contribution in [3.8, 4) is 0 Å². The Morgan fingerprint density at radius 2 is 2.07 bits per heavy atom. The summed E-state index contributed by atoms with van der Waals surface area (Å²) in [4.78, 5) is 0. The highest BCUT2D eigenvalue weighted by Gasteiger charge is 2.36. The van der Waals surface area contributed by atoms with Crippen LogP contribution in [-0.2, 0) is 0 Å². The van der Waals surface area contributed by atoms with Crippen molar-refractivity contribution in [2.75, 3.05) is 10.9 Å². The summed E-state index contributed by atoms with van der Waals surface area (Å²) in [5.74, 6) is 0.117. The minimum atomic E-state index is -1.15. The number of halogens is 1. The third-order valence-electron chi connectivity index (χ3n) is 2.33. The highest BCUT2D eigenvalue weighted by Crippen LogP contribution is 2.28. The van der Waals surface area contributed by atoms with Crippen molar-refractivity contribution in [2.45, 2.75) is 12.6 Å². The molecule has 80 valence electrons. The molecule has 1 heterocycles. The normalized spacial score (nSPS) is 25.0. The Morgan fingerprint density at radius 3 is 2.67 bits per heavy atom. The largest absolute Gasteiger partial charge is 0.365 e. The summed E-state index contributed by atoms with van der Waals surface area (Å²) in [7, 11) is 0. The van der Waals surface area contributed by atoms with Gasteiger partial charge in [-0.1, -0.05) is 18.2 Å². The Balaban J connectivity index is 2.33. The molecule has 0 radical (unpaired) electrons. The lowest BCUT2D eigenvalue weighted by molar-refractivity contribution is 0.112. The molecule has 2 rings (SSSR count). The summed E-state index contributed by atoms with van der Waals surface area (Å²) in [5, 5.41) is 11.9. The molecular formula is C11H13ClN2O. The predicted molar refractivity (Wildman–Crippen MR) is 61.5 cm³/mol. The molecule has 0 aliphatic carbocycles. The van der Waals surface area contributed by atoms with Crippen molar-refractivity contribution in [3.63, 3.8) is 0 Å². The lowest BCUT2D eigenvalue weighted by atomic mass is 10.2. The molecule has 0 fully saturated rings. The molecule has 4 heteroatoms. The van der Waals surface area contributed by atoms with Gasteiger partial charge in [0, 0.05) is 5.70 Å². The number of hydrogen-bond donors (Lipinski definition) is 2. The first-order chi connectivity index (χ1) is 7.15. The van der Waals surface area contributed by atoms with Crippen LogP contribution < -0.4 is 10.4 Å². The van der Waals surface area contributed by atoms with Gasteiger partial charge in [0.25, 0.3) is 0 Å². The van der Waals surface area contributed by atoms with Gasteiger partial charge in [-0.3, -0.25) is 5.01 Å². The molecule has 15 heavy (non-hydrogen) atoms. The number of nitrogens with zero attached hydrogens (tertiary/aromatic N) is 1. The third kappa shape index (κ3) is 1.80. The van der Waals surface area contributed by atoms with E-state index in [2.05, 4.69) is 5.43 Å². The van der Waals surface area contributed by atoms with Crippen molar-refractivity contribution in [3.05, 3.63) is 42.1 Å². The van der Waals surface area contributed by atoms with Crippen molar-refractivity contribution in [1.29, 1.82) is 0 Å². The second kappa shape index (κ2) is 3.76. The standard InChI is InChI=1S/C11H13ClN2O/c1-9-7-11(15,8-12)14(13-9)10-5-3-2-4-6-10/h2-7,13,15H,8H2,1H3. The summed E-state index contributed by atoms with van der Waals surface area (Å²) < 4.78 is 0. The van der Waals surface area contributed by atoms with Gasteiger partial charge in [-0.25, -0.2) is 0 Å². The maximum atomic E-state index is 10.2. The average Bonchev–Trinajstić information content (AvgIpc) is 2.56.